The molecule has 0 aliphatic heterocycles. The second-order valence-electron chi connectivity index (χ2n) is 21.5. The molecule has 0 heterocycles. The Kier molecular flexibility index (Phi) is 36.6. The molecule has 568 valence electrons. The third kappa shape index (κ3) is 29.5. The highest BCUT2D eigenvalue weighted by atomic mass is 32.2. The van der Waals surface area contributed by atoms with Crippen LogP contribution in [0.15, 0.2) is 141 Å². The molecule has 6 aromatic carbocycles. The molecule has 0 radical (unpaired) electrons. The van der Waals surface area contributed by atoms with Crippen LogP contribution in [0.2, 0.25) is 0 Å². The van der Waals surface area contributed by atoms with Gasteiger partial charge in [0.15, 0.2) is 52.2 Å². The molecule has 0 amide bonds. The van der Waals surface area contributed by atoms with Crippen molar-refractivity contribution in [3.63, 3.8) is 0 Å². The maximum absolute atomic E-state index is 14.7. The Labute approximate surface area is 599 Å². The Morgan fingerprint density at radius 1 is 0.356 bits per heavy atom. The summed E-state index contributed by atoms with van der Waals surface area (Å²) in [4.78, 5) is 35.0. The first kappa shape index (κ1) is 86.0. The number of benzene rings is 6. The fraction of sp³-hybridized carbons (Fsp3) is 0.357. The zero-order valence-electron chi connectivity index (χ0n) is 57.7. The number of carbonyl (C=O) groups is 3. The average Bonchev–Trinajstić information content (AvgIpc) is 0.829. The summed E-state index contributed by atoms with van der Waals surface area (Å²) in [6, 6.07) is 20.7. The molecule has 0 saturated heterocycles. The van der Waals surface area contributed by atoms with Crippen molar-refractivity contribution in [2.75, 3.05) is 125 Å². The Bertz CT molecular complexity index is 3990. The number of esters is 3. The monoisotopic (exact) mass is 1520 g/mol. The number of rotatable bonds is 44. The Morgan fingerprint density at radius 2 is 0.567 bits per heavy atom. The van der Waals surface area contributed by atoms with Crippen LogP contribution in [-0.2, 0) is 87.1 Å². The topological polar surface area (TPSA) is 326 Å². The maximum atomic E-state index is 14.7. The van der Waals surface area contributed by atoms with E-state index < -0.39 is 100 Å². The summed E-state index contributed by atoms with van der Waals surface area (Å²) in [7, 11) is -11.8. The number of halogens is 6. The number of nitrogens with one attached hydrogen (secondary N) is 3. The molecular weight excluding hydrogens is 1440 g/mol. The molecule has 0 fully saturated rings. The lowest BCUT2D eigenvalue weighted by Crippen LogP contribution is -2.28. The minimum absolute atomic E-state index is 0.0167. The van der Waals surface area contributed by atoms with Crippen LogP contribution in [-0.4, -0.2) is 168 Å². The van der Waals surface area contributed by atoms with Crippen LogP contribution < -0.4 is 34.1 Å². The van der Waals surface area contributed by atoms with Gasteiger partial charge in [-0.25, -0.2) is 80.1 Å². The maximum Gasteiger partial charge on any atom is 0.333 e. The minimum atomic E-state index is -3.96. The number of ether oxygens (including phenoxy) is 12. The molecule has 0 aromatic heterocycles. The Hall–Kier alpha value is -8.62. The summed E-state index contributed by atoms with van der Waals surface area (Å²) in [6.45, 7) is 12.8. The van der Waals surface area contributed by atoms with Crippen LogP contribution >= 0.6 is 0 Å². The molecule has 34 heteroatoms. The van der Waals surface area contributed by atoms with E-state index in [0.717, 1.165) is 36.4 Å². The summed E-state index contributed by atoms with van der Waals surface area (Å²) < 4.78 is 233. The van der Waals surface area contributed by atoms with Gasteiger partial charge < -0.3 is 62.6 Å². The highest BCUT2D eigenvalue weighted by molar-refractivity contribution is 7.90. The van der Waals surface area contributed by atoms with E-state index >= 15 is 0 Å². The summed E-state index contributed by atoms with van der Waals surface area (Å²) in [5.74, 6) is -10.1. The number of hydrogen-bond donors (Lipinski definition) is 4. The van der Waals surface area contributed by atoms with E-state index in [-0.39, 0.29) is 151 Å². The highest BCUT2D eigenvalue weighted by Crippen LogP contribution is 2.34. The summed E-state index contributed by atoms with van der Waals surface area (Å²) in [6.07, 6.45) is 3.83. The van der Waals surface area contributed by atoms with Crippen LogP contribution in [0.1, 0.15) is 58.2 Å². The molecule has 0 bridgehead atoms. The average molecular weight is 1530 g/mol. The lowest BCUT2D eigenvalue weighted by molar-refractivity contribution is -0.139. The molecule has 0 saturated carbocycles. The molecule has 104 heavy (non-hydrogen) atoms. The van der Waals surface area contributed by atoms with Gasteiger partial charge in [0.1, 0.15) is 17.2 Å². The number of hydrogen-bond acceptors (Lipinski definition) is 22. The molecular formula is C70H82F6N4O21S3. The second-order valence-corrected chi connectivity index (χ2v) is 26.8. The number of carbonyl (C=O) groups excluding carboxylic acids is 3. The lowest BCUT2D eigenvalue weighted by atomic mass is 10.1. The Morgan fingerprint density at radius 3 is 0.779 bits per heavy atom. The standard InChI is InChI=1S/C44H48F4N2O13S2.C26H34F2N2O8S/c1-5-60-43(51)29(3)23-31-25-37(45)41(38(46)26-31)62-33-7-11-35(12-8-33)64(53,54)49-15-17-57-19-21-59-22-20-58-18-16-50-65(55,56)36-13-9-34(10-14-36)63-42-39(47)27-32(28-40(42)48)24-30(4)44(52)61-6-2;1-3-37-26(31)19(2)16-20-17-23(27)25(24(28)18-20)38-21-4-6-22(7-5-21)39(32,33)30-9-11-35-13-15-36-14-12-34-10-8-29/h7-14,23-28,49-50H,5-6,15-22H2,1-4H3;4-7,16-18,30H,3,8-15,29H2,1-2H3/b29-23+,30-24+;19-16+. The molecule has 25 nitrogen and oxygen atoms in total. The van der Waals surface area contributed by atoms with Crippen molar-refractivity contribution in [2.45, 2.75) is 56.2 Å². The fourth-order valence-electron chi connectivity index (χ4n) is 8.52. The van der Waals surface area contributed by atoms with Gasteiger partial charge in [0.05, 0.1) is 114 Å². The Balaban J connectivity index is 0.000000425. The normalized spacial score (nSPS) is 12.1. The molecule has 0 aliphatic rings. The van der Waals surface area contributed by atoms with Crippen molar-refractivity contribution in [3.8, 4) is 34.5 Å². The third-order valence-electron chi connectivity index (χ3n) is 13.4. The van der Waals surface area contributed by atoms with E-state index in [9.17, 15) is 66.0 Å². The predicted octanol–water partition coefficient (Wildman–Crippen LogP) is 10.1. The highest BCUT2D eigenvalue weighted by Gasteiger charge is 2.22. The van der Waals surface area contributed by atoms with E-state index in [1.807, 2.05) is 0 Å². The molecule has 6 aromatic rings. The van der Waals surface area contributed by atoms with Crippen LogP contribution in [0.3, 0.4) is 0 Å². The zero-order valence-corrected chi connectivity index (χ0v) is 60.2. The van der Waals surface area contributed by atoms with E-state index in [2.05, 4.69) is 14.2 Å². The van der Waals surface area contributed by atoms with E-state index in [1.165, 1.54) is 112 Å². The largest absolute Gasteiger partial charge is 0.463 e. The SMILES string of the molecule is CCOC(=O)/C(C)=C/c1cc(F)c(Oc2ccc(S(=O)(=O)NCCOCCOCCOCCN)cc2)c(F)c1.CCOC(=O)/C(C)=C/c1cc(F)c(Oc2ccc(S(=O)(=O)NCCOCCOCCOCCNS(=O)(=O)c3ccc(Oc4c(F)cc(/C=C(\C)C(=O)OCC)cc4F)cc3)cc2)c(F)c1. The molecule has 0 unspecified atom stereocenters. The van der Waals surface area contributed by atoms with Crippen molar-refractivity contribution < 1.29 is 123 Å². The van der Waals surface area contributed by atoms with Gasteiger partial charge >= 0.3 is 17.9 Å². The van der Waals surface area contributed by atoms with Crippen LogP contribution in [0, 0.1) is 34.9 Å². The van der Waals surface area contributed by atoms with Crippen molar-refractivity contribution in [2.24, 2.45) is 5.73 Å². The first-order valence-electron chi connectivity index (χ1n) is 32.1. The quantitative estimate of drug-likeness (QED) is 0.00908. The smallest absolute Gasteiger partial charge is 0.333 e. The summed E-state index contributed by atoms with van der Waals surface area (Å²) in [5, 5.41) is 0. The lowest BCUT2D eigenvalue weighted by Gasteiger charge is -2.11. The molecule has 0 atom stereocenters. The van der Waals surface area contributed by atoms with Gasteiger partial charge in [-0.3, -0.25) is 0 Å². The predicted molar refractivity (Wildman–Crippen MR) is 369 cm³/mol. The first-order chi connectivity index (χ1) is 49.6. The van der Waals surface area contributed by atoms with Gasteiger partial charge in [-0.1, -0.05) is 0 Å². The van der Waals surface area contributed by atoms with Crippen molar-refractivity contribution in [3.05, 3.63) is 178 Å². The third-order valence-corrected chi connectivity index (χ3v) is 17.9. The van der Waals surface area contributed by atoms with E-state index in [4.69, 9.17) is 62.6 Å². The van der Waals surface area contributed by atoms with E-state index in [0.29, 0.717) is 39.6 Å². The fourth-order valence-corrected chi connectivity index (χ4v) is 11.6. The van der Waals surface area contributed by atoms with Gasteiger partial charge in [-0.15, -0.1) is 0 Å². The van der Waals surface area contributed by atoms with Crippen LogP contribution in [0.5, 0.6) is 34.5 Å². The second kappa shape index (κ2) is 44.2. The number of sulfonamides is 3. The van der Waals surface area contributed by atoms with Gasteiger partial charge in [-0.2, -0.15) is 0 Å². The van der Waals surface area contributed by atoms with Gasteiger partial charge in [-0.05, 0) is 186 Å². The van der Waals surface area contributed by atoms with Gasteiger partial charge in [0.2, 0.25) is 30.1 Å². The van der Waals surface area contributed by atoms with Gasteiger partial charge in [0, 0.05) is 42.9 Å². The number of nitrogens with two attached hydrogens (primary N) is 1. The molecule has 6 rings (SSSR count). The van der Waals surface area contributed by atoms with E-state index in [1.54, 1.807) is 20.8 Å². The zero-order chi connectivity index (χ0) is 76.2. The molecule has 5 N–H and O–H groups in total. The first-order valence-corrected chi connectivity index (χ1v) is 36.6. The van der Waals surface area contributed by atoms with Crippen LogP contribution in [0.4, 0.5) is 26.3 Å². The summed E-state index contributed by atoms with van der Waals surface area (Å²) in [5.41, 5.74) is 6.03. The molecule has 0 spiro atoms. The molecule has 0 aliphatic carbocycles. The van der Waals surface area contributed by atoms with Crippen LogP contribution in [0.25, 0.3) is 18.2 Å². The minimum Gasteiger partial charge on any atom is -0.463 e. The van der Waals surface area contributed by atoms with Crippen molar-refractivity contribution >= 4 is 66.2 Å². The van der Waals surface area contributed by atoms with Gasteiger partial charge in [0.25, 0.3) is 0 Å². The van der Waals surface area contributed by atoms with Crippen molar-refractivity contribution in [1.29, 1.82) is 0 Å². The van der Waals surface area contributed by atoms with Crippen molar-refractivity contribution in [1.82, 2.24) is 14.2 Å². The summed E-state index contributed by atoms with van der Waals surface area (Å²) >= 11 is 0.